The Kier molecular flexibility index (Phi) is 50.9. The molecule has 0 heterocycles. The lowest BCUT2D eigenvalue weighted by atomic mass is 10.1. The molecule has 0 bridgehead atoms. The van der Waals surface area contributed by atoms with E-state index < -0.39 is 6.10 Å². The fourth-order valence-electron chi connectivity index (χ4n) is 7.18. The Labute approximate surface area is 407 Å². The third kappa shape index (κ3) is 51.3. The van der Waals surface area contributed by atoms with Crippen molar-refractivity contribution in [2.45, 2.75) is 252 Å². The van der Waals surface area contributed by atoms with Gasteiger partial charge in [-0.1, -0.05) is 221 Å². The summed E-state index contributed by atoms with van der Waals surface area (Å²) in [5.74, 6) is -1.07. The largest absolute Gasteiger partial charge is 0.462 e. The number of allylic oxidation sites excluding steroid dienone is 16. The highest BCUT2D eigenvalue weighted by atomic mass is 16.6. The van der Waals surface area contributed by atoms with E-state index in [4.69, 9.17) is 14.2 Å². The van der Waals surface area contributed by atoms with Crippen molar-refractivity contribution in [3.63, 3.8) is 0 Å². The molecule has 0 aliphatic rings. The maximum atomic E-state index is 12.8. The average Bonchev–Trinajstić information content (AvgIpc) is 3.31. The predicted octanol–water partition coefficient (Wildman–Crippen LogP) is 18.1. The van der Waals surface area contributed by atoms with Crippen LogP contribution in [0.4, 0.5) is 0 Å². The van der Waals surface area contributed by atoms with Crippen molar-refractivity contribution in [2.24, 2.45) is 0 Å². The first-order chi connectivity index (χ1) is 32.5. The van der Waals surface area contributed by atoms with Gasteiger partial charge in [-0.15, -0.1) is 0 Å². The van der Waals surface area contributed by atoms with Gasteiger partial charge in [0.05, 0.1) is 0 Å². The van der Waals surface area contributed by atoms with Gasteiger partial charge in [-0.25, -0.2) is 0 Å². The molecular formula is C60H100O6. The van der Waals surface area contributed by atoms with Crippen molar-refractivity contribution in [3.05, 3.63) is 97.2 Å². The van der Waals surface area contributed by atoms with Crippen LogP contribution < -0.4 is 0 Å². The van der Waals surface area contributed by atoms with Crippen molar-refractivity contribution in [2.75, 3.05) is 13.2 Å². The zero-order chi connectivity index (χ0) is 47.9. The van der Waals surface area contributed by atoms with Crippen molar-refractivity contribution in [1.82, 2.24) is 0 Å². The van der Waals surface area contributed by atoms with Crippen LogP contribution in [-0.4, -0.2) is 37.2 Å². The number of carbonyl (C=O) groups is 3. The molecule has 1 atom stereocenters. The molecule has 0 radical (unpaired) electrons. The molecule has 0 rings (SSSR count). The number of ether oxygens (including phenoxy) is 3. The van der Waals surface area contributed by atoms with E-state index in [2.05, 4.69) is 112 Å². The Morgan fingerprint density at radius 2 is 0.636 bits per heavy atom. The Morgan fingerprint density at radius 1 is 0.318 bits per heavy atom. The third-order valence-corrected chi connectivity index (χ3v) is 11.3. The van der Waals surface area contributed by atoms with Crippen LogP contribution in [0.25, 0.3) is 0 Å². The number of unbranched alkanes of at least 4 members (excludes halogenated alkanes) is 22. The maximum Gasteiger partial charge on any atom is 0.306 e. The van der Waals surface area contributed by atoms with Crippen LogP contribution in [0, 0.1) is 0 Å². The van der Waals surface area contributed by atoms with E-state index in [-0.39, 0.29) is 44.0 Å². The highest BCUT2D eigenvalue weighted by Gasteiger charge is 2.19. The SMILES string of the molecule is CCCCC/C=C\C/C=C\C/C=C\C/C=C\CCCC(=O)OC(COC(=O)CC/C=C\C/C=C\CCCCCCCC)COC(=O)CCCCCCC/C=C\C=C/CCCCCCCCC. The molecule has 0 aliphatic carbocycles. The number of esters is 3. The maximum absolute atomic E-state index is 12.8. The fourth-order valence-corrected chi connectivity index (χ4v) is 7.18. The van der Waals surface area contributed by atoms with E-state index in [1.807, 2.05) is 6.08 Å². The molecule has 66 heavy (non-hydrogen) atoms. The summed E-state index contributed by atoms with van der Waals surface area (Å²) in [6, 6.07) is 0. The van der Waals surface area contributed by atoms with E-state index in [1.165, 1.54) is 116 Å². The molecular weight excluding hydrogens is 817 g/mol. The molecule has 0 aromatic heterocycles. The molecule has 6 nitrogen and oxygen atoms in total. The van der Waals surface area contributed by atoms with E-state index in [9.17, 15) is 14.4 Å². The van der Waals surface area contributed by atoms with Gasteiger partial charge in [0.2, 0.25) is 0 Å². The van der Waals surface area contributed by atoms with Gasteiger partial charge >= 0.3 is 17.9 Å². The van der Waals surface area contributed by atoms with Crippen LogP contribution in [0.1, 0.15) is 245 Å². The second-order valence-corrected chi connectivity index (χ2v) is 17.8. The highest BCUT2D eigenvalue weighted by Crippen LogP contribution is 2.12. The van der Waals surface area contributed by atoms with Crippen molar-refractivity contribution >= 4 is 17.9 Å². The Hall–Kier alpha value is -3.67. The van der Waals surface area contributed by atoms with Gasteiger partial charge in [-0.2, -0.15) is 0 Å². The summed E-state index contributed by atoms with van der Waals surface area (Å²) < 4.78 is 16.7. The number of carbonyl (C=O) groups excluding carboxylic acids is 3. The predicted molar refractivity (Wildman–Crippen MR) is 284 cm³/mol. The summed E-state index contributed by atoms with van der Waals surface area (Å²) in [5.41, 5.74) is 0. The summed E-state index contributed by atoms with van der Waals surface area (Å²) in [7, 11) is 0. The van der Waals surface area contributed by atoms with Crippen molar-refractivity contribution in [3.8, 4) is 0 Å². The van der Waals surface area contributed by atoms with Gasteiger partial charge < -0.3 is 14.2 Å². The molecule has 0 saturated heterocycles. The molecule has 0 aliphatic heterocycles. The first kappa shape index (κ1) is 62.3. The molecule has 0 spiro atoms. The van der Waals surface area contributed by atoms with Crippen LogP contribution >= 0.6 is 0 Å². The van der Waals surface area contributed by atoms with Crippen LogP contribution in [0.2, 0.25) is 0 Å². The first-order valence-electron chi connectivity index (χ1n) is 27.3. The minimum absolute atomic E-state index is 0.125. The van der Waals surface area contributed by atoms with Crippen LogP contribution in [0.3, 0.4) is 0 Å². The topological polar surface area (TPSA) is 78.9 Å². The number of hydrogen-bond acceptors (Lipinski definition) is 6. The van der Waals surface area contributed by atoms with Gasteiger partial charge in [0, 0.05) is 19.3 Å². The second kappa shape index (κ2) is 53.9. The quantitative estimate of drug-likeness (QED) is 0.0199. The lowest BCUT2D eigenvalue weighted by molar-refractivity contribution is -0.166. The van der Waals surface area contributed by atoms with Crippen molar-refractivity contribution < 1.29 is 28.6 Å². The highest BCUT2D eigenvalue weighted by molar-refractivity contribution is 5.71. The zero-order valence-electron chi connectivity index (χ0n) is 42.9. The minimum atomic E-state index is -0.836. The zero-order valence-corrected chi connectivity index (χ0v) is 42.9. The monoisotopic (exact) mass is 917 g/mol. The third-order valence-electron chi connectivity index (χ3n) is 11.3. The van der Waals surface area contributed by atoms with Gasteiger partial charge in [0.15, 0.2) is 6.10 Å². The van der Waals surface area contributed by atoms with Crippen molar-refractivity contribution in [1.29, 1.82) is 0 Å². The van der Waals surface area contributed by atoms with Gasteiger partial charge in [0.1, 0.15) is 13.2 Å². The molecule has 0 fully saturated rings. The van der Waals surface area contributed by atoms with E-state index in [0.717, 1.165) is 77.0 Å². The summed E-state index contributed by atoms with van der Waals surface area (Å²) in [4.78, 5) is 38.0. The lowest BCUT2D eigenvalue weighted by Crippen LogP contribution is -2.30. The van der Waals surface area contributed by atoms with Crippen LogP contribution in [0.15, 0.2) is 97.2 Å². The standard InChI is InChI=1S/C60H100O6/c1-4-7-10-13-16-19-22-25-27-29-31-32-35-38-41-44-47-50-53-59(62)65-56-57(55-64-58(61)52-49-46-43-40-37-34-24-21-18-15-12-9-6-3)66-60(63)54-51-48-45-42-39-36-33-30-28-26-23-20-17-14-11-8-5-2/h17,20,26-29,31-34,36-37,42-43,45-46,57H,4-16,18-19,21-25,30,35,38-41,44,47-56H2,1-3H3/b20-17-,28-26-,29-27-,32-31-,36-33-,37-34-,45-42-,46-43-. The van der Waals surface area contributed by atoms with Gasteiger partial charge in [-0.3, -0.25) is 14.4 Å². The molecule has 376 valence electrons. The van der Waals surface area contributed by atoms with Gasteiger partial charge in [0.25, 0.3) is 0 Å². The first-order valence-corrected chi connectivity index (χ1v) is 27.3. The lowest BCUT2D eigenvalue weighted by Gasteiger charge is -2.18. The summed E-state index contributed by atoms with van der Waals surface area (Å²) in [6.07, 6.45) is 71.2. The summed E-state index contributed by atoms with van der Waals surface area (Å²) in [5, 5.41) is 0. The molecule has 0 amide bonds. The van der Waals surface area contributed by atoms with E-state index in [1.54, 1.807) is 0 Å². The van der Waals surface area contributed by atoms with Crippen LogP contribution in [-0.2, 0) is 28.6 Å². The molecule has 0 saturated carbocycles. The number of rotatable bonds is 48. The molecule has 0 aromatic rings. The van der Waals surface area contributed by atoms with E-state index in [0.29, 0.717) is 19.3 Å². The Morgan fingerprint density at radius 3 is 1.11 bits per heavy atom. The molecule has 6 heteroatoms. The summed E-state index contributed by atoms with van der Waals surface area (Å²) in [6.45, 7) is 6.48. The molecule has 0 N–H and O–H groups in total. The van der Waals surface area contributed by atoms with Crippen LogP contribution in [0.5, 0.6) is 0 Å². The Bertz CT molecular complexity index is 1330. The number of hydrogen-bond donors (Lipinski definition) is 0. The fraction of sp³-hybridized carbons (Fsp3) is 0.683. The normalized spacial score (nSPS) is 12.8. The molecule has 0 aromatic carbocycles. The molecule has 1 unspecified atom stereocenters. The van der Waals surface area contributed by atoms with Gasteiger partial charge in [-0.05, 0) is 103 Å². The summed E-state index contributed by atoms with van der Waals surface area (Å²) >= 11 is 0. The smallest absolute Gasteiger partial charge is 0.306 e. The minimum Gasteiger partial charge on any atom is -0.462 e. The second-order valence-electron chi connectivity index (χ2n) is 17.8. The van der Waals surface area contributed by atoms with E-state index >= 15 is 0 Å². The average molecular weight is 917 g/mol. The Balaban J connectivity index is 4.56.